The van der Waals surface area contributed by atoms with Crippen LogP contribution in [0, 0.1) is 0 Å². The molecule has 4 N–H and O–H groups in total. The zero-order chi connectivity index (χ0) is 13.8. The number of carbonyl (C=O) groups is 2. The molecule has 0 aliphatic heterocycles. The van der Waals surface area contributed by atoms with Crippen LogP contribution < -0.4 is 11.1 Å². The van der Waals surface area contributed by atoms with E-state index in [9.17, 15) is 9.59 Å². The predicted octanol–water partition coefficient (Wildman–Crippen LogP) is 0.531. The molecule has 0 radical (unpaired) electrons. The van der Waals surface area contributed by atoms with E-state index in [0.29, 0.717) is 11.3 Å². The second kappa shape index (κ2) is 5.17. The molecule has 0 atom stereocenters. The molecule has 0 unspecified atom stereocenters. The quantitative estimate of drug-likeness (QED) is 0.732. The number of carboxylic acid groups (broad SMARTS) is 1. The summed E-state index contributed by atoms with van der Waals surface area (Å²) >= 11 is 0. The van der Waals surface area contributed by atoms with Crippen molar-refractivity contribution in [2.24, 2.45) is 0 Å². The van der Waals surface area contributed by atoms with E-state index >= 15 is 0 Å². The summed E-state index contributed by atoms with van der Waals surface area (Å²) in [6.07, 6.45) is -0.0750. The van der Waals surface area contributed by atoms with Crippen molar-refractivity contribution in [2.45, 2.75) is 6.42 Å². The Kier molecular flexibility index (Phi) is 3.42. The average molecular weight is 262 g/mol. The smallest absolute Gasteiger partial charge is 0.307 e. The molecule has 8 heteroatoms. The van der Waals surface area contributed by atoms with E-state index in [2.05, 4.69) is 20.3 Å². The highest BCUT2D eigenvalue weighted by molar-refractivity contribution is 6.05. The number of hydrogen-bond donors (Lipinski definition) is 3. The third-order valence-corrected chi connectivity index (χ3v) is 2.30. The van der Waals surface area contributed by atoms with Gasteiger partial charge in [-0.2, -0.15) is 0 Å². The third-order valence-electron chi connectivity index (χ3n) is 2.30. The van der Waals surface area contributed by atoms with Crippen LogP contribution in [0.3, 0.4) is 0 Å². The lowest BCUT2D eigenvalue weighted by molar-refractivity contribution is -0.136. The molecule has 1 heterocycles. The van der Waals surface area contributed by atoms with Crippen LogP contribution >= 0.6 is 0 Å². The van der Waals surface area contributed by atoms with Crippen molar-refractivity contribution in [3.63, 3.8) is 0 Å². The molecule has 0 fully saturated rings. The molecule has 0 bridgehead atoms. The zero-order valence-electron chi connectivity index (χ0n) is 9.66. The van der Waals surface area contributed by atoms with Crippen molar-refractivity contribution in [3.05, 3.63) is 35.5 Å². The number of aromatic nitrogens is 2. The fraction of sp³-hybridized carbons (Fsp3) is 0.0909. The normalized spacial score (nSPS) is 10.1. The fourth-order valence-electron chi connectivity index (χ4n) is 1.42. The van der Waals surface area contributed by atoms with Gasteiger partial charge in [0.25, 0.3) is 5.91 Å². The van der Waals surface area contributed by atoms with E-state index in [1.807, 2.05) is 0 Å². The molecule has 0 aliphatic carbocycles. The number of carboxylic acids is 1. The Labute approximate surface area is 107 Å². The SMILES string of the molecule is Nc1nonc1C(=O)Nc1ccc(CC(=O)O)cc1. The highest BCUT2D eigenvalue weighted by Crippen LogP contribution is 2.13. The van der Waals surface area contributed by atoms with Gasteiger partial charge in [-0.15, -0.1) is 0 Å². The molecule has 0 saturated carbocycles. The lowest BCUT2D eigenvalue weighted by Crippen LogP contribution is -2.14. The first-order valence-corrected chi connectivity index (χ1v) is 5.26. The molecule has 2 aromatic rings. The fourth-order valence-corrected chi connectivity index (χ4v) is 1.42. The van der Waals surface area contributed by atoms with E-state index in [1.54, 1.807) is 24.3 Å². The summed E-state index contributed by atoms with van der Waals surface area (Å²) in [6, 6.07) is 6.38. The number of amides is 1. The van der Waals surface area contributed by atoms with Gasteiger partial charge in [0.1, 0.15) is 0 Å². The topological polar surface area (TPSA) is 131 Å². The van der Waals surface area contributed by atoms with Gasteiger partial charge < -0.3 is 16.2 Å². The van der Waals surface area contributed by atoms with Crippen LogP contribution in [0.25, 0.3) is 0 Å². The van der Waals surface area contributed by atoms with Gasteiger partial charge in [0.15, 0.2) is 0 Å². The summed E-state index contributed by atoms with van der Waals surface area (Å²) in [7, 11) is 0. The summed E-state index contributed by atoms with van der Waals surface area (Å²) in [6.45, 7) is 0. The lowest BCUT2D eigenvalue weighted by Gasteiger charge is -2.04. The number of aliphatic carboxylic acids is 1. The molecule has 8 nitrogen and oxygen atoms in total. The van der Waals surface area contributed by atoms with Crippen LogP contribution in [0.1, 0.15) is 16.1 Å². The standard InChI is InChI=1S/C11H10N4O4/c12-10-9(14-19-15-10)11(18)13-7-3-1-6(2-4-7)5-8(16)17/h1-4H,5H2,(H2,12,15)(H,13,18)(H,16,17). The third kappa shape index (κ3) is 3.06. The minimum absolute atomic E-state index is 0.0750. The molecule has 2 rings (SSSR count). The van der Waals surface area contributed by atoms with Gasteiger partial charge in [0.05, 0.1) is 6.42 Å². The molecule has 1 amide bonds. The maximum Gasteiger partial charge on any atom is 0.307 e. The van der Waals surface area contributed by atoms with Crippen LogP contribution in [0.5, 0.6) is 0 Å². The largest absolute Gasteiger partial charge is 0.481 e. The van der Waals surface area contributed by atoms with Gasteiger partial charge in [0.2, 0.25) is 11.5 Å². The summed E-state index contributed by atoms with van der Waals surface area (Å²) < 4.78 is 4.32. The molecule has 1 aromatic carbocycles. The van der Waals surface area contributed by atoms with E-state index in [4.69, 9.17) is 10.8 Å². The molecule has 98 valence electrons. The van der Waals surface area contributed by atoms with E-state index in [0.717, 1.165) is 0 Å². The van der Waals surface area contributed by atoms with Gasteiger partial charge in [-0.05, 0) is 28.0 Å². The van der Waals surface area contributed by atoms with Gasteiger partial charge >= 0.3 is 5.97 Å². The van der Waals surface area contributed by atoms with E-state index in [1.165, 1.54) is 0 Å². The first-order valence-electron chi connectivity index (χ1n) is 5.26. The highest BCUT2D eigenvalue weighted by atomic mass is 16.6. The number of nitrogens with two attached hydrogens (primary N) is 1. The summed E-state index contributed by atoms with van der Waals surface area (Å²) in [5.41, 5.74) is 6.40. The molecule has 0 spiro atoms. The number of nitrogens with zero attached hydrogens (tertiary/aromatic N) is 2. The second-order valence-corrected chi connectivity index (χ2v) is 3.72. The Hall–Kier alpha value is -2.90. The van der Waals surface area contributed by atoms with Crippen molar-refractivity contribution in [2.75, 3.05) is 11.1 Å². The van der Waals surface area contributed by atoms with Crippen LogP contribution in [-0.4, -0.2) is 27.3 Å². The number of rotatable bonds is 4. The Balaban J connectivity index is 2.06. The minimum Gasteiger partial charge on any atom is -0.481 e. The molecule has 19 heavy (non-hydrogen) atoms. The first-order chi connectivity index (χ1) is 9.06. The maximum absolute atomic E-state index is 11.7. The highest BCUT2D eigenvalue weighted by Gasteiger charge is 2.15. The van der Waals surface area contributed by atoms with Gasteiger partial charge in [-0.1, -0.05) is 12.1 Å². The summed E-state index contributed by atoms with van der Waals surface area (Å²) in [5, 5.41) is 17.8. The van der Waals surface area contributed by atoms with Crippen LogP contribution in [0.4, 0.5) is 11.5 Å². The molecular weight excluding hydrogens is 252 g/mol. The number of benzene rings is 1. The number of carbonyl (C=O) groups excluding carboxylic acids is 1. The Morgan fingerprint density at radius 3 is 2.47 bits per heavy atom. The number of anilines is 2. The van der Waals surface area contributed by atoms with Crippen molar-refractivity contribution >= 4 is 23.4 Å². The number of nitrogen functional groups attached to an aromatic ring is 1. The second-order valence-electron chi connectivity index (χ2n) is 3.72. The molecule has 1 aromatic heterocycles. The van der Waals surface area contributed by atoms with Crippen molar-refractivity contribution in [1.82, 2.24) is 10.3 Å². The predicted molar refractivity (Wildman–Crippen MR) is 64.4 cm³/mol. The van der Waals surface area contributed by atoms with Crippen molar-refractivity contribution in [3.8, 4) is 0 Å². The Bertz CT molecular complexity index is 605. The Morgan fingerprint density at radius 1 is 1.26 bits per heavy atom. The number of nitrogens with one attached hydrogen (secondary N) is 1. The first kappa shape index (κ1) is 12.6. The minimum atomic E-state index is -0.918. The average Bonchev–Trinajstić information content (AvgIpc) is 2.77. The van der Waals surface area contributed by atoms with Gasteiger partial charge in [-0.3, -0.25) is 9.59 Å². The summed E-state index contributed by atoms with van der Waals surface area (Å²) in [5.74, 6) is -1.57. The molecule has 0 saturated heterocycles. The maximum atomic E-state index is 11.7. The Morgan fingerprint density at radius 2 is 1.95 bits per heavy atom. The van der Waals surface area contributed by atoms with Crippen LogP contribution in [0.2, 0.25) is 0 Å². The van der Waals surface area contributed by atoms with Crippen molar-refractivity contribution in [1.29, 1.82) is 0 Å². The van der Waals surface area contributed by atoms with Crippen LogP contribution in [0.15, 0.2) is 28.9 Å². The number of hydrogen-bond acceptors (Lipinski definition) is 6. The van der Waals surface area contributed by atoms with Gasteiger partial charge in [0, 0.05) is 5.69 Å². The molecular formula is C11H10N4O4. The monoisotopic (exact) mass is 262 g/mol. The van der Waals surface area contributed by atoms with E-state index < -0.39 is 11.9 Å². The van der Waals surface area contributed by atoms with E-state index in [-0.39, 0.29) is 17.9 Å². The van der Waals surface area contributed by atoms with Gasteiger partial charge in [-0.25, -0.2) is 4.63 Å². The summed E-state index contributed by atoms with van der Waals surface area (Å²) in [4.78, 5) is 22.2. The van der Waals surface area contributed by atoms with Crippen molar-refractivity contribution < 1.29 is 19.3 Å². The lowest BCUT2D eigenvalue weighted by atomic mass is 10.1. The zero-order valence-corrected chi connectivity index (χ0v) is 9.66. The van der Waals surface area contributed by atoms with Crippen LogP contribution in [-0.2, 0) is 11.2 Å². The molecule has 0 aliphatic rings.